The number of H-pyrrole nitrogens is 1. The van der Waals surface area contributed by atoms with Crippen LogP contribution in [0.25, 0.3) is 0 Å². The minimum Gasteiger partial charge on any atom is -0.339 e. The first-order valence-electron chi connectivity index (χ1n) is 6.73. The van der Waals surface area contributed by atoms with E-state index >= 15 is 0 Å². The number of nitrogens with one attached hydrogen (secondary N) is 1. The van der Waals surface area contributed by atoms with Gasteiger partial charge in [0.15, 0.2) is 0 Å². The van der Waals surface area contributed by atoms with Crippen LogP contribution in [0.1, 0.15) is 37.6 Å². The highest BCUT2D eigenvalue weighted by molar-refractivity contribution is 5.93. The average molecular weight is 252 g/mol. The van der Waals surface area contributed by atoms with Crippen molar-refractivity contribution in [2.45, 2.75) is 27.2 Å². The van der Waals surface area contributed by atoms with E-state index in [0.29, 0.717) is 5.56 Å². The van der Waals surface area contributed by atoms with Crippen molar-refractivity contribution in [3.8, 4) is 0 Å². The van der Waals surface area contributed by atoms with Gasteiger partial charge in [0.05, 0.1) is 11.8 Å². The fourth-order valence-corrected chi connectivity index (χ4v) is 1.98. The third kappa shape index (κ3) is 4.14. The van der Waals surface area contributed by atoms with Crippen molar-refractivity contribution in [3.05, 3.63) is 18.0 Å². The second-order valence-corrected chi connectivity index (χ2v) is 4.25. The van der Waals surface area contributed by atoms with Gasteiger partial charge in [0.25, 0.3) is 5.91 Å². The van der Waals surface area contributed by atoms with Gasteiger partial charge >= 0.3 is 0 Å². The van der Waals surface area contributed by atoms with Crippen LogP contribution in [0.4, 0.5) is 0 Å². The van der Waals surface area contributed by atoms with Gasteiger partial charge < -0.3 is 9.80 Å². The first-order valence-corrected chi connectivity index (χ1v) is 6.73. The Labute approximate surface area is 109 Å². The average Bonchev–Trinajstić information content (AvgIpc) is 2.92. The van der Waals surface area contributed by atoms with E-state index in [1.165, 1.54) is 0 Å². The third-order valence-corrected chi connectivity index (χ3v) is 3.21. The summed E-state index contributed by atoms with van der Waals surface area (Å²) in [4.78, 5) is 16.3. The van der Waals surface area contributed by atoms with E-state index in [9.17, 15) is 4.79 Å². The Balaban J connectivity index is 2.40. The van der Waals surface area contributed by atoms with Crippen molar-refractivity contribution in [2.24, 2.45) is 0 Å². The van der Waals surface area contributed by atoms with Gasteiger partial charge in [-0.2, -0.15) is 5.10 Å². The molecule has 0 bridgehead atoms. The molecule has 18 heavy (non-hydrogen) atoms. The summed E-state index contributed by atoms with van der Waals surface area (Å²) in [7, 11) is 0. The van der Waals surface area contributed by atoms with Gasteiger partial charge in [-0.15, -0.1) is 0 Å². The van der Waals surface area contributed by atoms with Gasteiger partial charge in [0.2, 0.25) is 0 Å². The topological polar surface area (TPSA) is 52.2 Å². The zero-order valence-corrected chi connectivity index (χ0v) is 11.6. The van der Waals surface area contributed by atoms with Crippen molar-refractivity contribution in [3.63, 3.8) is 0 Å². The molecular weight excluding hydrogens is 228 g/mol. The number of carbonyl (C=O) groups is 1. The van der Waals surface area contributed by atoms with E-state index in [-0.39, 0.29) is 5.91 Å². The van der Waals surface area contributed by atoms with Crippen LogP contribution < -0.4 is 0 Å². The van der Waals surface area contributed by atoms with Crippen molar-refractivity contribution in [2.75, 3.05) is 32.7 Å². The second kappa shape index (κ2) is 7.87. The Morgan fingerprint density at radius 3 is 2.44 bits per heavy atom. The maximum atomic E-state index is 12.1. The van der Waals surface area contributed by atoms with Gasteiger partial charge in [-0.1, -0.05) is 13.8 Å². The molecule has 0 spiro atoms. The predicted octanol–water partition coefficient (Wildman–Crippen LogP) is 1.60. The maximum Gasteiger partial charge on any atom is 0.257 e. The molecule has 0 aromatic carbocycles. The number of rotatable bonds is 8. The molecule has 0 aliphatic heterocycles. The van der Waals surface area contributed by atoms with E-state index in [0.717, 1.165) is 39.1 Å². The van der Waals surface area contributed by atoms with Gasteiger partial charge in [0, 0.05) is 19.3 Å². The van der Waals surface area contributed by atoms with E-state index in [1.807, 2.05) is 11.8 Å². The first-order chi connectivity index (χ1) is 8.72. The molecule has 1 amide bonds. The van der Waals surface area contributed by atoms with Gasteiger partial charge in [-0.25, -0.2) is 0 Å². The number of aromatic nitrogens is 2. The zero-order valence-electron chi connectivity index (χ0n) is 11.6. The summed E-state index contributed by atoms with van der Waals surface area (Å²) in [5.74, 6) is 0.0609. The molecule has 0 aliphatic rings. The Morgan fingerprint density at radius 2 is 1.94 bits per heavy atom. The van der Waals surface area contributed by atoms with Crippen molar-refractivity contribution < 1.29 is 4.79 Å². The van der Waals surface area contributed by atoms with Crippen LogP contribution in [0.2, 0.25) is 0 Å². The lowest BCUT2D eigenvalue weighted by molar-refractivity contribution is 0.0757. The number of hydrogen-bond acceptors (Lipinski definition) is 3. The molecule has 0 aliphatic carbocycles. The van der Waals surface area contributed by atoms with Crippen LogP contribution in [0.5, 0.6) is 0 Å². The normalized spacial score (nSPS) is 10.9. The minimum absolute atomic E-state index is 0.0609. The van der Waals surface area contributed by atoms with E-state index in [1.54, 1.807) is 12.4 Å². The fraction of sp³-hybridized carbons (Fsp3) is 0.692. The summed E-state index contributed by atoms with van der Waals surface area (Å²) in [5.41, 5.74) is 0.639. The molecule has 0 saturated heterocycles. The standard InChI is InChI=1S/C13H24N4O/c1-4-16(5-2)8-7-9-17(6-3)13(18)12-10-14-15-11-12/h10-11H,4-9H2,1-3H3,(H,14,15). The SMILES string of the molecule is CCN(CC)CCCN(CC)C(=O)c1cn[nH]c1. The summed E-state index contributed by atoms with van der Waals surface area (Å²) < 4.78 is 0. The Hall–Kier alpha value is -1.36. The summed E-state index contributed by atoms with van der Waals surface area (Å²) in [5, 5.41) is 6.49. The largest absolute Gasteiger partial charge is 0.339 e. The van der Waals surface area contributed by atoms with Crippen molar-refractivity contribution >= 4 is 5.91 Å². The van der Waals surface area contributed by atoms with Gasteiger partial charge in [-0.3, -0.25) is 9.89 Å². The predicted molar refractivity (Wildman–Crippen MR) is 72.6 cm³/mol. The number of hydrogen-bond donors (Lipinski definition) is 1. The smallest absolute Gasteiger partial charge is 0.257 e. The highest BCUT2D eigenvalue weighted by Gasteiger charge is 2.14. The van der Waals surface area contributed by atoms with Crippen LogP contribution in [-0.4, -0.2) is 58.6 Å². The third-order valence-electron chi connectivity index (χ3n) is 3.21. The molecule has 1 aromatic rings. The number of carbonyl (C=O) groups excluding carboxylic acids is 1. The number of amides is 1. The molecule has 0 fully saturated rings. The lowest BCUT2D eigenvalue weighted by Gasteiger charge is -2.23. The summed E-state index contributed by atoms with van der Waals surface area (Å²) in [6.45, 7) is 11.1. The fourth-order valence-electron chi connectivity index (χ4n) is 1.98. The number of nitrogens with zero attached hydrogens (tertiary/aromatic N) is 3. The molecule has 0 saturated carbocycles. The van der Waals surface area contributed by atoms with Crippen LogP contribution >= 0.6 is 0 Å². The van der Waals surface area contributed by atoms with Crippen molar-refractivity contribution in [1.29, 1.82) is 0 Å². The summed E-state index contributed by atoms with van der Waals surface area (Å²) in [6, 6.07) is 0. The summed E-state index contributed by atoms with van der Waals surface area (Å²) in [6.07, 6.45) is 4.24. The Morgan fingerprint density at radius 1 is 1.22 bits per heavy atom. The Bertz CT molecular complexity index is 333. The van der Waals surface area contributed by atoms with Crippen LogP contribution in [0, 0.1) is 0 Å². The minimum atomic E-state index is 0.0609. The molecule has 0 radical (unpaired) electrons. The van der Waals surface area contributed by atoms with Crippen LogP contribution in [-0.2, 0) is 0 Å². The first kappa shape index (κ1) is 14.7. The quantitative estimate of drug-likeness (QED) is 0.764. The molecule has 102 valence electrons. The Kier molecular flexibility index (Phi) is 6.43. The van der Waals surface area contributed by atoms with E-state index in [2.05, 4.69) is 28.9 Å². The highest BCUT2D eigenvalue weighted by Crippen LogP contribution is 2.03. The molecule has 1 heterocycles. The molecule has 1 N–H and O–H groups in total. The molecule has 5 heteroatoms. The molecule has 5 nitrogen and oxygen atoms in total. The molecule has 1 rings (SSSR count). The van der Waals surface area contributed by atoms with Gasteiger partial charge in [-0.05, 0) is 33.0 Å². The maximum absolute atomic E-state index is 12.1. The van der Waals surface area contributed by atoms with E-state index in [4.69, 9.17) is 0 Å². The van der Waals surface area contributed by atoms with Crippen molar-refractivity contribution in [1.82, 2.24) is 20.0 Å². The van der Waals surface area contributed by atoms with E-state index < -0.39 is 0 Å². The lowest BCUT2D eigenvalue weighted by Crippen LogP contribution is -2.34. The van der Waals surface area contributed by atoms with Crippen LogP contribution in [0.15, 0.2) is 12.4 Å². The number of aromatic amines is 1. The zero-order chi connectivity index (χ0) is 13.4. The molecule has 1 aromatic heterocycles. The molecular formula is C13H24N4O. The highest BCUT2D eigenvalue weighted by atomic mass is 16.2. The summed E-state index contributed by atoms with van der Waals surface area (Å²) >= 11 is 0. The van der Waals surface area contributed by atoms with Gasteiger partial charge in [0.1, 0.15) is 0 Å². The second-order valence-electron chi connectivity index (χ2n) is 4.25. The van der Waals surface area contributed by atoms with Crippen LogP contribution in [0.3, 0.4) is 0 Å². The monoisotopic (exact) mass is 252 g/mol. The molecule has 0 unspecified atom stereocenters. The molecule has 0 atom stereocenters. The lowest BCUT2D eigenvalue weighted by atomic mass is 10.2.